The molecule has 0 spiro atoms. The Morgan fingerprint density at radius 3 is 2.27 bits per heavy atom. The summed E-state index contributed by atoms with van der Waals surface area (Å²) >= 11 is 0. The largest absolute Gasteiger partial charge is 0.444 e. The van der Waals surface area contributed by atoms with Crippen molar-refractivity contribution < 1.29 is 19.1 Å². The summed E-state index contributed by atoms with van der Waals surface area (Å²) in [6.07, 6.45) is 10.3. The smallest absolute Gasteiger partial charge is 0.408 e. The molecule has 7 heteroatoms. The number of rotatable bonds is 14. The molecule has 0 radical (unpaired) electrons. The van der Waals surface area contributed by atoms with E-state index < -0.39 is 23.8 Å². The SMILES string of the molecule is CCCCCCCN(C(=O)C(CC(C)C)NC(=O)OC(C)(C)C)C(C(=O)NC1CCCCC1)c1cc(C)ccc1C. The molecule has 0 heterocycles. The maximum atomic E-state index is 14.5. The lowest BCUT2D eigenvalue weighted by molar-refractivity contribution is -0.143. The number of ether oxygens (including phenoxy) is 1. The van der Waals surface area contributed by atoms with Gasteiger partial charge in [-0.1, -0.05) is 89.5 Å². The first-order valence-corrected chi connectivity index (χ1v) is 16.0. The molecule has 41 heavy (non-hydrogen) atoms. The van der Waals surface area contributed by atoms with Gasteiger partial charge in [0.05, 0.1) is 0 Å². The van der Waals surface area contributed by atoms with E-state index in [2.05, 4.69) is 17.6 Å². The molecule has 1 aliphatic carbocycles. The van der Waals surface area contributed by atoms with Crippen LogP contribution in [0.15, 0.2) is 18.2 Å². The van der Waals surface area contributed by atoms with Crippen LogP contribution in [0.25, 0.3) is 0 Å². The highest BCUT2D eigenvalue weighted by Gasteiger charge is 2.37. The number of carbonyl (C=O) groups is 3. The Morgan fingerprint density at radius 2 is 1.66 bits per heavy atom. The van der Waals surface area contributed by atoms with Crippen molar-refractivity contribution in [3.63, 3.8) is 0 Å². The summed E-state index contributed by atoms with van der Waals surface area (Å²) in [5, 5.41) is 6.18. The minimum absolute atomic E-state index is 0.122. The Balaban J connectivity index is 2.51. The minimum Gasteiger partial charge on any atom is -0.444 e. The van der Waals surface area contributed by atoms with Crippen LogP contribution in [0.3, 0.4) is 0 Å². The second-order valence-electron chi connectivity index (χ2n) is 13.4. The van der Waals surface area contributed by atoms with Gasteiger partial charge in [0, 0.05) is 12.6 Å². The highest BCUT2D eigenvalue weighted by atomic mass is 16.6. The van der Waals surface area contributed by atoms with Crippen molar-refractivity contribution in [3.05, 3.63) is 34.9 Å². The van der Waals surface area contributed by atoms with E-state index in [-0.39, 0.29) is 23.8 Å². The van der Waals surface area contributed by atoms with E-state index in [1.54, 1.807) is 25.7 Å². The lowest BCUT2D eigenvalue weighted by atomic mass is 9.92. The van der Waals surface area contributed by atoms with Gasteiger partial charge in [-0.25, -0.2) is 4.79 Å². The zero-order chi connectivity index (χ0) is 30.6. The van der Waals surface area contributed by atoms with Gasteiger partial charge in [-0.05, 0) is 77.3 Å². The van der Waals surface area contributed by atoms with Gasteiger partial charge in [-0.3, -0.25) is 9.59 Å². The molecule has 1 aliphatic rings. The number of hydrogen-bond donors (Lipinski definition) is 2. The molecule has 7 nitrogen and oxygen atoms in total. The van der Waals surface area contributed by atoms with Gasteiger partial charge in [0.15, 0.2) is 0 Å². The maximum absolute atomic E-state index is 14.5. The van der Waals surface area contributed by atoms with Crippen LogP contribution in [0.4, 0.5) is 4.79 Å². The zero-order valence-corrected chi connectivity index (χ0v) is 27.1. The van der Waals surface area contributed by atoms with Crippen molar-refractivity contribution in [1.29, 1.82) is 0 Å². The number of amides is 3. The summed E-state index contributed by atoms with van der Waals surface area (Å²) in [4.78, 5) is 43.3. The monoisotopic (exact) mass is 571 g/mol. The average molecular weight is 572 g/mol. The van der Waals surface area contributed by atoms with E-state index in [9.17, 15) is 14.4 Å². The van der Waals surface area contributed by atoms with Gasteiger partial charge < -0.3 is 20.3 Å². The summed E-state index contributed by atoms with van der Waals surface area (Å²) in [5.74, 6) is -0.210. The third-order valence-corrected chi connectivity index (χ3v) is 7.72. The van der Waals surface area contributed by atoms with Gasteiger partial charge >= 0.3 is 6.09 Å². The summed E-state index contributed by atoms with van der Waals surface area (Å²) in [5.41, 5.74) is 2.18. The number of alkyl carbamates (subject to hydrolysis) is 1. The lowest BCUT2D eigenvalue weighted by Gasteiger charge is -2.37. The number of unbranched alkanes of at least 4 members (excludes halogenated alkanes) is 4. The van der Waals surface area contributed by atoms with Crippen LogP contribution >= 0.6 is 0 Å². The molecule has 0 aliphatic heterocycles. The van der Waals surface area contributed by atoms with Crippen molar-refractivity contribution in [2.75, 3.05) is 6.54 Å². The standard InChI is InChI=1S/C34H57N3O4/c1-9-10-11-12-16-21-37(32(39)29(22-24(2)3)36-33(40)41-34(6,7)8)30(28-23-25(4)19-20-26(28)5)31(38)35-27-17-14-13-15-18-27/h19-20,23-24,27,29-30H,9-18,21-22H2,1-8H3,(H,35,38)(H,36,40). The fourth-order valence-corrected chi connectivity index (χ4v) is 5.63. The van der Waals surface area contributed by atoms with E-state index in [0.717, 1.165) is 74.5 Å². The first-order chi connectivity index (χ1) is 19.3. The molecule has 3 amide bonds. The van der Waals surface area contributed by atoms with E-state index in [0.29, 0.717) is 13.0 Å². The van der Waals surface area contributed by atoms with Crippen molar-refractivity contribution in [1.82, 2.24) is 15.5 Å². The first-order valence-electron chi connectivity index (χ1n) is 16.0. The molecule has 2 rings (SSSR count). The van der Waals surface area contributed by atoms with Crippen LogP contribution in [-0.4, -0.2) is 47.0 Å². The van der Waals surface area contributed by atoms with Crippen molar-refractivity contribution >= 4 is 17.9 Å². The molecule has 2 N–H and O–H groups in total. The molecular formula is C34H57N3O4. The van der Waals surface area contributed by atoms with Gasteiger partial charge in [0.1, 0.15) is 17.7 Å². The average Bonchev–Trinajstić information content (AvgIpc) is 2.88. The number of aryl methyl sites for hydroxylation is 2. The summed E-state index contributed by atoms with van der Waals surface area (Å²) in [6, 6.07) is 4.66. The predicted molar refractivity (Wildman–Crippen MR) is 167 cm³/mol. The third kappa shape index (κ3) is 12.1. The first kappa shape index (κ1) is 34.6. The second kappa shape index (κ2) is 16.8. The van der Waals surface area contributed by atoms with E-state index in [1.807, 2.05) is 45.9 Å². The molecular weight excluding hydrogens is 514 g/mol. The molecule has 2 atom stereocenters. The molecule has 1 saturated carbocycles. The number of nitrogens with zero attached hydrogens (tertiary/aromatic N) is 1. The quantitative estimate of drug-likeness (QED) is 0.226. The van der Waals surface area contributed by atoms with Gasteiger partial charge in [0.2, 0.25) is 11.8 Å². The van der Waals surface area contributed by atoms with Crippen LogP contribution < -0.4 is 10.6 Å². The second-order valence-corrected chi connectivity index (χ2v) is 13.4. The topological polar surface area (TPSA) is 87.7 Å². The Labute approximate surface area is 249 Å². The fraction of sp³-hybridized carbons (Fsp3) is 0.735. The number of benzene rings is 1. The molecule has 0 aromatic heterocycles. The minimum atomic E-state index is -0.796. The molecule has 232 valence electrons. The Kier molecular flexibility index (Phi) is 14.2. The molecule has 1 fully saturated rings. The van der Waals surface area contributed by atoms with E-state index in [1.165, 1.54) is 6.42 Å². The van der Waals surface area contributed by atoms with Gasteiger partial charge in [0.25, 0.3) is 0 Å². The Hall–Kier alpha value is -2.57. The van der Waals surface area contributed by atoms with Crippen LogP contribution in [0.1, 0.15) is 135 Å². The van der Waals surface area contributed by atoms with Crippen molar-refractivity contribution in [3.8, 4) is 0 Å². The van der Waals surface area contributed by atoms with Crippen LogP contribution in [0, 0.1) is 19.8 Å². The fourth-order valence-electron chi connectivity index (χ4n) is 5.63. The number of hydrogen-bond acceptors (Lipinski definition) is 4. The predicted octanol–water partition coefficient (Wildman–Crippen LogP) is 7.53. The van der Waals surface area contributed by atoms with Gasteiger partial charge in [-0.15, -0.1) is 0 Å². The van der Waals surface area contributed by atoms with E-state index in [4.69, 9.17) is 4.74 Å². The summed E-state index contributed by atoms with van der Waals surface area (Å²) in [6.45, 7) is 16.1. The molecule has 2 unspecified atom stereocenters. The van der Waals surface area contributed by atoms with Crippen molar-refractivity contribution in [2.45, 2.75) is 150 Å². The van der Waals surface area contributed by atoms with Crippen LogP contribution in [-0.2, 0) is 14.3 Å². The number of carbonyl (C=O) groups excluding carboxylic acids is 3. The van der Waals surface area contributed by atoms with E-state index >= 15 is 0 Å². The molecule has 0 saturated heterocycles. The Bertz CT molecular complexity index is 979. The summed E-state index contributed by atoms with van der Waals surface area (Å²) in [7, 11) is 0. The Morgan fingerprint density at radius 1 is 1.00 bits per heavy atom. The normalized spacial score (nSPS) is 15.7. The van der Waals surface area contributed by atoms with Crippen molar-refractivity contribution in [2.24, 2.45) is 5.92 Å². The van der Waals surface area contributed by atoms with Gasteiger partial charge in [-0.2, -0.15) is 0 Å². The highest BCUT2D eigenvalue weighted by Crippen LogP contribution is 2.29. The van der Waals surface area contributed by atoms with Crippen LogP contribution in [0.5, 0.6) is 0 Å². The molecule has 0 bridgehead atoms. The number of nitrogens with one attached hydrogen (secondary N) is 2. The van der Waals surface area contributed by atoms with Crippen LogP contribution in [0.2, 0.25) is 0 Å². The molecule has 1 aromatic rings. The summed E-state index contributed by atoms with van der Waals surface area (Å²) < 4.78 is 5.53. The lowest BCUT2D eigenvalue weighted by Crippen LogP contribution is -2.54. The maximum Gasteiger partial charge on any atom is 0.408 e. The highest BCUT2D eigenvalue weighted by molar-refractivity contribution is 5.92. The molecule has 1 aromatic carbocycles. The zero-order valence-electron chi connectivity index (χ0n) is 27.1. The third-order valence-electron chi connectivity index (χ3n) is 7.72.